The molecule has 0 saturated carbocycles. The Hall–Kier alpha value is -1.25. The number of nitriles is 1. The summed E-state index contributed by atoms with van der Waals surface area (Å²) < 4.78 is 23.1. The zero-order valence-electron chi connectivity index (χ0n) is 9.69. The highest BCUT2D eigenvalue weighted by molar-refractivity contribution is 7.91. The van der Waals surface area contributed by atoms with Gasteiger partial charge in [-0.2, -0.15) is 5.26 Å². The molecule has 0 radical (unpaired) electrons. The van der Waals surface area contributed by atoms with Gasteiger partial charge in [-0.25, -0.2) is 8.42 Å². The van der Waals surface area contributed by atoms with Gasteiger partial charge in [0.2, 0.25) is 0 Å². The molecule has 1 N–H and O–H groups in total. The molecular formula is C12H13ClN2O2S. The molecule has 1 aliphatic heterocycles. The lowest BCUT2D eigenvalue weighted by Gasteiger charge is -2.24. The average molecular weight is 285 g/mol. The van der Waals surface area contributed by atoms with Crippen LogP contribution in [0, 0.1) is 11.3 Å². The number of sulfone groups is 1. The minimum atomic E-state index is -2.96. The molecule has 1 aliphatic rings. The number of hydrogen-bond donors (Lipinski definition) is 1. The maximum Gasteiger partial charge on any atom is 0.152 e. The number of rotatable bonds is 2. The van der Waals surface area contributed by atoms with Crippen LogP contribution < -0.4 is 5.32 Å². The molecule has 1 fully saturated rings. The van der Waals surface area contributed by atoms with Crippen molar-refractivity contribution in [3.05, 3.63) is 28.8 Å². The van der Waals surface area contributed by atoms with Crippen molar-refractivity contribution >= 4 is 27.1 Å². The summed E-state index contributed by atoms with van der Waals surface area (Å²) in [5.74, 6) is 0.371. The first kappa shape index (κ1) is 13.2. The van der Waals surface area contributed by atoms with E-state index in [9.17, 15) is 8.42 Å². The van der Waals surface area contributed by atoms with Crippen molar-refractivity contribution in [3.8, 4) is 6.07 Å². The van der Waals surface area contributed by atoms with Crippen molar-refractivity contribution in [3.63, 3.8) is 0 Å². The fraction of sp³-hybridized carbons (Fsp3) is 0.417. The Labute approximate surface area is 111 Å². The molecule has 0 aromatic heterocycles. The van der Waals surface area contributed by atoms with Crippen LogP contribution in [0.2, 0.25) is 5.02 Å². The number of halogens is 1. The van der Waals surface area contributed by atoms with Gasteiger partial charge in [-0.3, -0.25) is 0 Å². The molecule has 1 atom stereocenters. The monoisotopic (exact) mass is 284 g/mol. The summed E-state index contributed by atoms with van der Waals surface area (Å²) in [6, 6.07) is 7.01. The van der Waals surface area contributed by atoms with Gasteiger partial charge in [0.1, 0.15) is 6.07 Å². The lowest BCUT2D eigenvalue weighted by Crippen LogP contribution is -2.35. The molecule has 1 unspecified atom stereocenters. The van der Waals surface area contributed by atoms with E-state index < -0.39 is 9.84 Å². The van der Waals surface area contributed by atoms with Gasteiger partial charge in [-0.1, -0.05) is 17.7 Å². The summed E-state index contributed by atoms with van der Waals surface area (Å²) in [7, 11) is -2.96. The highest BCUT2D eigenvalue weighted by atomic mass is 35.5. The van der Waals surface area contributed by atoms with E-state index in [0.29, 0.717) is 22.7 Å². The van der Waals surface area contributed by atoms with Crippen molar-refractivity contribution in [1.29, 1.82) is 5.26 Å². The molecule has 1 heterocycles. The average Bonchev–Trinajstić information content (AvgIpc) is 2.28. The fourth-order valence-corrected chi connectivity index (χ4v) is 3.97. The normalized spacial score (nSPS) is 22.1. The van der Waals surface area contributed by atoms with E-state index in [2.05, 4.69) is 5.32 Å². The van der Waals surface area contributed by atoms with E-state index in [-0.39, 0.29) is 17.5 Å². The molecule has 0 spiro atoms. The first-order valence-electron chi connectivity index (χ1n) is 5.67. The van der Waals surface area contributed by atoms with Gasteiger partial charge in [0.25, 0.3) is 0 Å². The van der Waals surface area contributed by atoms with E-state index in [1.807, 2.05) is 6.07 Å². The highest BCUT2D eigenvalue weighted by Crippen LogP contribution is 2.25. The Balaban J connectivity index is 2.20. The van der Waals surface area contributed by atoms with Crippen LogP contribution in [0.4, 0.5) is 5.69 Å². The van der Waals surface area contributed by atoms with Gasteiger partial charge in [0.05, 0.1) is 27.8 Å². The summed E-state index contributed by atoms with van der Waals surface area (Å²) >= 11 is 5.92. The van der Waals surface area contributed by atoms with Gasteiger partial charge in [-0.05, 0) is 25.0 Å². The standard InChI is InChI=1S/C12H13ClN2O2S/c13-11-4-1-5-12(10(11)7-14)15-9-3-2-6-18(16,17)8-9/h1,4-5,9,15H,2-3,6,8H2. The highest BCUT2D eigenvalue weighted by Gasteiger charge is 2.25. The molecular weight excluding hydrogens is 272 g/mol. The third-order valence-corrected chi connectivity index (χ3v) is 5.08. The van der Waals surface area contributed by atoms with Crippen molar-refractivity contribution in [2.45, 2.75) is 18.9 Å². The van der Waals surface area contributed by atoms with Gasteiger partial charge >= 0.3 is 0 Å². The molecule has 1 aromatic rings. The Morgan fingerprint density at radius 1 is 1.44 bits per heavy atom. The minimum Gasteiger partial charge on any atom is -0.380 e. The molecule has 4 nitrogen and oxygen atoms in total. The summed E-state index contributed by atoms with van der Waals surface area (Å²) in [5.41, 5.74) is 0.967. The third-order valence-electron chi connectivity index (χ3n) is 2.95. The van der Waals surface area contributed by atoms with Crippen molar-refractivity contribution in [2.24, 2.45) is 0 Å². The molecule has 1 saturated heterocycles. The fourth-order valence-electron chi connectivity index (χ4n) is 2.11. The first-order valence-corrected chi connectivity index (χ1v) is 7.87. The van der Waals surface area contributed by atoms with Crippen LogP contribution in [0.3, 0.4) is 0 Å². The predicted molar refractivity (Wildman–Crippen MR) is 71.5 cm³/mol. The zero-order chi connectivity index (χ0) is 13.2. The topological polar surface area (TPSA) is 70.0 Å². The first-order chi connectivity index (χ1) is 8.52. The second-order valence-corrected chi connectivity index (χ2v) is 7.01. The largest absolute Gasteiger partial charge is 0.380 e. The molecule has 2 rings (SSSR count). The SMILES string of the molecule is N#Cc1c(Cl)cccc1NC1CCCS(=O)(=O)C1. The van der Waals surface area contributed by atoms with Crippen LogP contribution >= 0.6 is 11.6 Å². The van der Waals surface area contributed by atoms with Crippen LogP contribution in [0.25, 0.3) is 0 Å². The van der Waals surface area contributed by atoms with E-state index in [4.69, 9.17) is 16.9 Å². The summed E-state index contributed by atoms with van der Waals surface area (Å²) in [4.78, 5) is 0. The Kier molecular flexibility index (Phi) is 3.79. The zero-order valence-corrected chi connectivity index (χ0v) is 11.3. The van der Waals surface area contributed by atoms with Crippen molar-refractivity contribution in [2.75, 3.05) is 16.8 Å². The number of benzene rings is 1. The van der Waals surface area contributed by atoms with E-state index in [1.54, 1.807) is 18.2 Å². The Morgan fingerprint density at radius 3 is 2.89 bits per heavy atom. The molecule has 18 heavy (non-hydrogen) atoms. The summed E-state index contributed by atoms with van der Waals surface area (Å²) in [6.07, 6.45) is 1.44. The van der Waals surface area contributed by atoms with Crippen LogP contribution in [0.1, 0.15) is 18.4 Å². The van der Waals surface area contributed by atoms with Gasteiger partial charge in [0, 0.05) is 6.04 Å². The van der Waals surface area contributed by atoms with Crippen LogP contribution in [0.15, 0.2) is 18.2 Å². The second kappa shape index (κ2) is 5.17. The molecule has 6 heteroatoms. The van der Waals surface area contributed by atoms with E-state index in [1.165, 1.54) is 0 Å². The third kappa shape index (κ3) is 2.95. The second-order valence-electron chi connectivity index (χ2n) is 4.37. The molecule has 96 valence electrons. The number of anilines is 1. The van der Waals surface area contributed by atoms with Crippen LogP contribution in [-0.4, -0.2) is 26.0 Å². The Morgan fingerprint density at radius 2 is 2.22 bits per heavy atom. The molecule has 0 bridgehead atoms. The molecule has 0 amide bonds. The summed E-state index contributed by atoms with van der Waals surface area (Å²) in [6.45, 7) is 0. The van der Waals surface area contributed by atoms with Gasteiger partial charge in [0.15, 0.2) is 9.84 Å². The number of nitrogens with one attached hydrogen (secondary N) is 1. The Bertz CT molecular complexity index is 593. The maximum absolute atomic E-state index is 11.5. The smallest absolute Gasteiger partial charge is 0.152 e. The maximum atomic E-state index is 11.5. The number of hydrogen-bond acceptors (Lipinski definition) is 4. The van der Waals surface area contributed by atoms with Crippen LogP contribution in [-0.2, 0) is 9.84 Å². The lowest BCUT2D eigenvalue weighted by atomic mass is 10.1. The molecule has 1 aromatic carbocycles. The van der Waals surface area contributed by atoms with Gasteiger partial charge in [-0.15, -0.1) is 0 Å². The lowest BCUT2D eigenvalue weighted by molar-refractivity contribution is 0.562. The van der Waals surface area contributed by atoms with Crippen LogP contribution in [0.5, 0.6) is 0 Å². The predicted octanol–water partition coefficient (Wildman–Crippen LogP) is 2.20. The minimum absolute atomic E-state index is 0.115. The summed E-state index contributed by atoms with van der Waals surface area (Å²) in [5, 5.41) is 12.5. The van der Waals surface area contributed by atoms with E-state index >= 15 is 0 Å². The number of nitrogens with zero attached hydrogens (tertiary/aromatic N) is 1. The quantitative estimate of drug-likeness (QED) is 0.904. The van der Waals surface area contributed by atoms with Crippen molar-refractivity contribution < 1.29 is 8.42 Å². The molecule has 0 aliphatic carbocycles. The van der Waals surface area contributed by atoms with E-state index in [0.717, 1.165) is 6.42 Å². The van der Waals surface area contributed by atoms with Crippen molar-refractivity contribution in [1.82, 2.24) is 0 Å². The van der Waals surface area contributed by atoms with Gasteiger partial charge < -0.3 is 5.32 Å².